The summed E-state index contributed by atoms with van der Waals surface area (Å²) in [7, 11) is -3.10. The third-order valence-corrected chi connectivity index (χ3v) is 6.72. The van der Waals surface area contributed by atoms with Crippen molar-refractivity contribution in [3.8, 4) is 0 Å². The van der Waals surface area contributed by atoms with E-state index < -0.39 is 14.6 Å². The first-order chi connectivity index (χ1) is 9.63. The summed E-state index contributed by atoms with van der Waals surface area (Å²) >= 11 is 1.38. The summed E-state index contributed by atoms with van der Waals surface area (Å²) in [4.78, 5) is 0. The van der Waals surface area contributed by atoms with Crippen LogP contribution in [0.4, 0.5) is 0 Å². The van der Waals surface area contributed by atoms with Gasteiger partial charge in [0.25, 0.3) is 0 Å². The van der Waals surface area contributed by atoms with Gasteiger partial charge < -0.3 is 5.32 Å². The lowest BCUT2D eigenvalue weighted by Gasteiger charge is -2.18. The topological polar surface area (TPSA) is 89.8 Å². The molecular formula is C12H25N5O2S2. The molecule has 0 saturated heterocycles. The Morgan fingerprint density at radius 3 is 2.57 bits per heavy atom. The number of thioether (sulfide) groups is 1. The molecule has 0 amide bonds. The van der Waals surface area contributed by atoms with Gasteiger partial charge in [0, 0.05) is 18.3 Å². The van der Waals surface area contributed by atoms with Crippen LogP contribution >= 0.6 is 11.8 Å². The molecule has 1 N–H and O–H groups in total. The Labute approximate surface area is 131 Å². The molecule has 0 bridgehead atoms. The molecule has 122 valence electrons. The highest BCUT2D eigenvalue weighted by Crippen LogP contribution is 2.20. The summed E-state index contributed by atoms with van der Waals surface area (Å²) in [6.07, 6.45) is 0. The van der Waals surface area contributed by atoms with E-state index in [0.29, 0.717) is 23.5 Å². The third kappa shape index (κ3) is 5.91. The normalized spacial score (nSPS) is 13.0. The van der Waals surface area contributed by atoms with Crippen molar-refractivity contribution in [2.45, 2.75) is 57.1 Å². The zero-order valence-corrected chi connectivity index (χ0v) is 15.0. The molecule has 9 heteroatoms. The second-order valence-corrected chi connectivity index (χ2v) is 10.00. The molecule has 0 aliphatic carbocycles. The van der Waals surface area contributed by atoms with Gasteiger partial charge in [0.1, 0.15) is 0 Å². The van der Waals surface area contributed by atoms with Crippen molar-refractivity contribution in [1.82, 2.24) is 25.5 Å². The van der Waals surface area contributed by atoms with E-state index in [4.69, 9.17) is 0 Å². The van der Waals surface area contributed by atoms with E-state index >= 15 is 0 Å². The molecule has 0 saturated carbocycles. The summed E-state index contributed by atoms with van der Waals surface area (Å²) in [5.41, 5.74) is 0. The average molecular weight is 335 g/mol. The maximum atomic E-state index is 12.0. The number of nitrogens with one attached hydrogen (secondary N) is 1. The van der Waals surface area contributed by atoms with Crippen LogP contribution in [0.25, 0.3) is 0 Å². The molecular weight excluding hydrogens is 310 g/mol. The van der Waals surface area contributed by atoms with E-state index in [1.165, 1.54) is 11.8 Å². The molecule has 0 aromatic carbocycles. The van der Waals surface area contributed by atoms with Crippen molar-refractivity contribution in [2.75, 3.05) is 18.1 Å². The lowest BCUT2D eigenvalue weighted by Crippen LogP contribution is -2.31. The predicted molar refractivity (Wildman–Crippen MR) is 85.2 cm³/mol. The number of tetrazole rings is 1. The molecule has 1 heterocycles. The monoisotopic (exact) mass is 335 g/mol. The maximum absolute atomic E-state index is 12.0. The minimum Gasteiger partial charge on any atom is -0.313 e. The van der Waals surface area contributed by atoms with Crippen molar-refractivity contribution >= 4 is 21.6 Å². The summed E-state index contributed by atoms with van der Waals surface area (Å²) < 4.78 is 25.0. The zero-order chi connectivity index (χ0) is 16.1. The average Bonchev–Trinajstić information content (AvgIpc) is 2.74. The highest BCUT2D eigenvalue weighted by atomic mass is 32.2. The number of hydrogen-bond donors (Lipinski definition) is 1. The first-order valence-corrected chi connectivity index (χ1v) is 9.62. The van der Waals surface area contributed by atoms with Gasteiger partial charge >= 0.3 is 0 Å². The number of rotatable bonds is 8. The van der Waals surface area contributed by atoms with Crippen molar-refractivity contribution < 1.29 is 8.42 Å². The maximum Gasteiger partial charge on any atom is 0.209 e. The molecule has 0 atom stereocenters. The molecule has 1 aromatic rings. The highest BCUT2D eigenvalue weighted by Gasteiger charge is 2.28. The Kier molecular flexibility index (Phi) is 6.61. The van der Waals surface area contributed by atoms with Crippen LogP contribution in [0.5, 0.6) is 0 Å². The van der Waals surface area contributed by atoms with E-state index in [1.807, 2.05) is 0 Å². The van der Waals surface area contributed by atoms with Gasteiger partial charge in [-0.25, -0.2) is 13.1 Å². The number of nitrogens with zero attached hydrogens (tertiary/aromatic N) is 4. The first-order valence-electron chi connectivity index (χ1n) is 6.98. The molecule has 0 radical (unpaired) electrons. The lowest BCUT2D eigenvalue weighted by atomic mass is 10.3. The molecule has 7 nitrogen and oxygen atoms in total. The second kappa shape index (κ2) is 7.55. The van der Waals surface area contributed by atoms with Gasteiger partial charge in [0.15, 0.2) is 9.84 Å². The van der Waals surface area contributed by atoms with Gasteiger partial charge in [-0.1, -0.05) is 25.6 Å². The van der Waals surface area contributed by atoms with E-state index in [0.717, 1.165) is 6.54 Å². The van der Waals surface area contributed by atoms with Crippen LogP contribution in [0.2, 0.25) is 0 Å². The minimum absolute atomic E-state index is 0.123. The third-order valence-electron chi connectivity index (χ3n) is 2.89. The van der Waals surface area contributed by atoms with Crippen molar-refractivity contribution in [1.29, 1.82) is 0 Å². The van der Waals surface area contributed by atoms with Crippen LogP contribution in [0.1, 0.15) is 34.6 Å². The SMILES string of the molecule is CC(C)NCCn1nnnc1SCCS(=O)(=O)C(C)(C)C. The van der Waals surface area contributed by atoms with E-state index in [2.05, 4.69) is 34.7 Å². The van der Waals surface area contributed by atoms with Crippen LogP contribution in [0.15, 0.2) is 5.16 Å². The molecule has 0 unspecified atom stereocenters. The van der Waals surface area contributed by atoms with Crippen molar-refractivity contribution in [2.24, 2.45) is 0 Å². The fourth-order valence-corrected chi connectivity index (χ4v) is 3.83. The fraction of sp³-hybridized carbons (Fsp3) is 0.917. The predicted octanol–water partition coefficient (Wildman–Crippen LogP) is 0.976. The quantitative estimate of drug-likeness (QED) is 0.708. The lowest BCUT2D eigenvalue weighted by molar-refractivity contribution is 0.485. The van der Waals surface area contributed by atoms with Crippen LogP contribution in [-0.4, -0.2) is 57.5 Å². The van der Waals surface area contributed by atoms with E-state index in [1.54, 1.807) is 25.5 Å². The highest BCUT2D eigenvalue weighted by molar-refractivity contribution is 8.00. The van der Waals surface area contributed by atoms with Crippen LogP contribution in [0, 0.1) is 0 Å². The van der Waals surface area contributed by atoms with E-state index in [-0.39, 0.29) is 5.75 Å². The minimum atomic E-state index is -3.10. The van der Waals surface area contributed by atoms with Gasteiger partial charge in [0.2, 0.25) is 5.16 Å². The van der Waals surface area contributed by atoms with Crippen LogP contribution < -0.4 is 5.32 Å². The Balaban J connectivity index is 2.48. The van der Waals surface area contributed by atoms with E-state index in [9.17, 15) is 8.42 Å². The summed E-state index contributed by atoms with van der Waals surface area (Å²) in [5.74, 6) is 0.579. The largest absolute Gasteiger partial charge is 0.313 e. The Hall–Kier alpha value is -0.670. The van der Waals surface area contributed by atoms with Gasteiger partial charge in [0.05, 0.1) is 17.0 Å². The molecule has 0 aliphatic heterocycles. The molecule has 0 fully saturated rings. The first kappa shape index (κ1) is 18.4. The smallest absolute Gasteiger partial charge is 0.209 e. The van der Waals surface area contributed by atoms with Crippen LogP contribution in [0.3, 0.4) is 0 Å². The summed E-state index contributed by atoms with van der Waals surface area (Å²) in [6, 6.07) is 0.412. The van der Waals surface area contributed by atoms with Crippen molar-refractivity contribution in [3.05, 3.63) is 0 Å². The molecule has 21 heavy (non-hydrogen) atoms. The number of sulfone groups is 1. The Bertz CT molecular complexity index is 534. The number of aromatic nitrogens is 4. The Morgan fingerprint density at radius 2 is 2.00 bits per heavy atom. The molecule has 0 spiro atoms. The van der Waals surface area contributed by atoms with Crippen LogP contribution in [-0.2, 0) is 16.4 Å². The molecule has 0 aliphatic rings. The van der Waals surface area contributed by atoms with Gasteiger partial charge in [-0.15, -0.1) is 5.10 Å². The van der Waals surface area contributed by atoms with Gasteiger partial charge in [-0.3, -0.25) is 0 Å². The fourth-order valence-electron chi connectivity index (χ4n) is 1.45. The summed E-state index contributed by atoms with van der Waals surface area (Å²) in [5, 5.41) is 15.5. The van der Waals surface area contributed by atoms with Gasteiger partial charge in [-0.05, 0) is 31.2 Å². The Morgan fingerprint density at radius 1 is 1.33 bits per heavy atom. The zero-order valence-electron chi connectivity index (χ0n) is 13.3. The number of hydrogen-bond acceptors (Lipinski definition) is 7. The standard InChI is InChI=1S/C12H25N5O2S2/c1-10(2)13-6-7-17-11(14-15-16-17)20-8-9-21(18,19)12(3,4)5/h10,13H,6-9H2,1-5H3. The molecule has 1 rings (SSSR count). The molecule has 1 aromatic heterocycles. The van der Waals surface area contributed by atoms with Gasteiger partial charge in [-0.2, -0.15) is 0 Å². The van der Waals surface area contributed by atoms with Crippen molar-refractivity contribution in [3.63, 3.8) is 0 Å². The summed E-state index contributed by atoms with van der Waals surface area (Å²) in [6.45, 7) is 10.7. The second-order valence-electron chi connectivity index (χ2n) is 6.07.